The summed E-state index contributed by atoms with van der Waals surface area (Å²) in [5, 5.41) is 9.09. The Morgan fingerprint density at radius 3 is 2.23 bits per heavy atom. The summed E-state index contributed by atoms with van der Waals surface area (Å²) in [6.07, 6.45) is -1.67. The standard InChI is InChI=1S/C7H8O5S/c8-7(12-13(9,10)11)6-4-2-1-3-5-6/h1-5,7-8H,(H,9,10,11). The van der Waals surface area contributed by atoms with Gasteiger partial charge >= 0.3 is 10.4 Å². The lowest BCUT2D eigenvalue weighted by Crippen LogP contribution is -2.09. The maximum absolute atomic E-state index is 10.2. The van der Waals surface area contributed by atoms with Gasteiger partial charge in [0.1, 0.15) is 0 Å². The summed E-state index contributed by atoms with van der Waals surface area (Å²) in [5.74, 6) is 0. The molecule has 5 nitrogen and oxygen atoms in total. The first-order chi connectivity index (χ1) is 5.99. The third-order valence-corrected chi connectivity index (χ3v) is 1.72. The van der Waals surface area contributed by atoms with E-state index in [2.05, 4.69) is 4.18 Å². The lowest BCUT2D eigenvalue weighted by atomic mass is 10.2. The van der Waals surface area contributed by atoms with Crippen LogP contribution in [-0.2, 0) is 14.6 Å². The van der Waals surface area contributed by atoms with Crippen LogP contribution in [0.3, 0.4) is 0 Å². The molecular formula is C7H8O5S. The van der Waals surface area contributed by atoms with Gasteiger partial charge in [0.2, 0.25) is 6.29 Å². The van der Waals surface area contributed by atoms with Gasteiger partial charge in [0.05, 0.1) is 0 Å². The van der Waals surface area contributed by atoms with Gasteiger partial charge in [-0.2, -0.15) is 8.42 Å². The van der Waals surface area contributed by atoms with Crippen molar-refractivity contribution in [2.75, 3.05) is 0 Å². The summed E-state index contributed by atoms with van der Waals surface area (Å²) < 4.78 is 32.5. The molecule has 1 atom stereocenters. The van der Waals surface area contributed by atoms with Crippen molar-refractivity contribution >= 4 is 10.4 Å². The van der Waals surface area contributed by atoms with Gasteiger partial charge in [-0.15, -0.1) is 0 Å². The minimum Gasteiger partial charge on any atom is -0.363 e. The second-order valence-corrected chi connectivity index (χ2v) is 3.33. The average molecular weight is 204 g/mol. The van der Waals surface area contributed by atoms with Crippen molar-refractivity contribution in [2.45, 2.75) is 6.29 Å². The predicted octanol–water partition coefficient (Wildman–Crippen LogP) is 0.497. The zero-order valence-corrected chi connectivity index (χ0v) is 7.31. The normalized spacial score (nSPS) is 14.0. The van der Waals surface area contributed by atoms with E-state index in [1.165, 1.54) is 12.1 Å². The highest BCUT2D eigenvalue weighted by Gasteiger charge is 2.15. The topological polar surface area (TPSA) is 83.8 Å². The van der Waals surface area contributed by atoms with Crippen LogP contribution in [0, 0.1) is 0 Å². The fourth-order valence-corrected chi connectivity index (χ4v) is 1.13. The number of aliphatic hydroxyl groups is 1. The second kappa shape index (κ2) is 3.84. The fraction of sp³-hybridized carbons (Fsp3) is 0.143. The van der Waals surface area contributed by atoms with Gasteiger partial charge in [-0.1, -0.05) is 30.3 Å². The van der Waals surface area contributed by atoms with Crippen molar-refractivity contribution in [3.63, 3.8) is 0 Å². The Labute approximate surface area is 75.5 Å². The van der Waals surface area contributed by atoms with Gasteiger partial charge in [0, 0.05) is 5.56 Å². The van der Waals surface area contributed by atoms with Crippen LogP contribution in [0.15, 0.2) is 30.3 Å². The van der Waals surface area contributed by atoms with Crippen molar-refractivity contribution in [3.8, 4) is 0 Å². The molecule has 0 heterocycles. The molecule has 0 aromatic heterocycles. The summed E-state index contributed by atoms with van der Waals surface area (Å²) in [6, 6.07) is 7.84. The van der Waals surface area contributed by atoms with Gasteiger partial charge < -0.3 is 5.11 Å². The van der Waals surface area contributed by atoms with E-state index in [1.807, 2.05) is 0 Å². The maximum atomic E-state index is 10.2. The number of aliphatic hydroxyl groups excluding tert-OH is 1. The molecule has 1 unspecified atom stereocenters. The smallest absolute Gasteiger partial charge is 0.363 e. The maximum Gasteiger partial charge on any atom is 0.400 e. The lowest BCUT2D eigenvalue weighted by molar-refractivity contribution is -0.0218. The summed E-state index contributed by atoms with van der Waals surface area (Å²) in [6.45, 7) is 0. The number of rotatable bonds is 3. The Hall–Kier alpha value is -0.950. The monoisotopic (exact) mass is 204 g/mol. The zero-order valence-electron chi connectivity index (χ0n) is 6.49. The first-order valence-corrected chi connectivity index (χ1v) is 4.74. The molecule has 1 aromatic carbocycles. The third kappa shape index (κ3) is 3.51. The molecule has 2 N–H and O–H groups in total. The first-order valence-electron chi connectivity index (χ1n) is 3.38. The Bertz CT molecular complexity index is 358. The number of hydrogen-bond acceptors (Lipinski definition) is 4. The van der Waals surface area contributed by atoms with Crippen LogP contribution in [-0.4, -0.2) is 18.1 Å². The molecule has 0 fully saturated rings. The van der Waals surface area contributed by atoms with Crippen molar-refractivity contribution in [1.82, 2.24) is 0 Å². The van der Waals surface area contributed by atoms with Gasteiger partial charge in [0.15, 0.2) is 0 Å². The van der Waals surface area contributed by atoms with E-state index < -0.39 is 16.7 Å². The molecule has 0 aliphatic carbocycles. The highest BCUT2D eigenvalue weighted by molar-refractivity contribution is 7.80. The van der Waals surface area contributed by atoms with Gasteiger partial charge in [-0.3, -0.25) is 4.55 Å². The summed E-state index contributed by atoms with van der Waals surface area (Å²) in [7, 11) is -4.62. The summed E-state index contributed by atoms with van der Waals surface area (Å²) in [4.78, 5) is 0. The van der Waals surface area contributed by atoms with Crippen LogP contribution in [0.25, 0.3) is 0 Å². The van der Waals surface area contributed by atoms with E-state index in [1.54, 1.807) is 18.2 Å². The molecule has 0 amide bonds. The van der Waals surface area contributed by atoms with E-state index in [-0.39, 0.29) is 5.56 Å². The van der Waals surface area contributed by atoms with Crippen LogP contribution in [0.5, 0.6) is 0 Å². The summed E-state index contributed by atoms with van der Waals surface area (Å²) >= 11 is 0. The Balaban J connectivity index is 2.76. The highest BCUT2D eigenvalue weighted by atomic mass is 32.3. The van der Waals surface area contributed by atoms with E-state index in [9.17, 15) is 8.42 Å². The average Bonchev–Trinajstić information content (AvgIpc) is 2.03. The van der Waals surface area contributed by atoms with Crippen molar-refractivity contribution < 1.29 is 22.3 Å². The van der Waals surface area contributed by atoms with Gasteiger partial charge in [-0.25, -0.2) is 4.18 Å². The quantitative estimate of drug-likeness (QED) is 0.553. The second-order valence-electron chi connectivity index (χ2n) is 2.29. The van der Waals surface area contributed by atoms with Crippen molar-refractivity contribution in [1.29, 1.82) is 0 Å². The Morgan fingerprint density at radius 2 is 1.77 bits per heavy atom. The van der Waals surface area contributed by atoms with E-state index in [4.69, 9.17) is 9.66 Å². The van der Waals surface area contributed by atoms with Crippen LogP contribution in [0.4, 0.5) is 0 Å². The van der Waals surface area contributed by atoms with Crippen LogP contribution < -0.4 is 0 Å². The Morgan fingerprint density at radius 1 is 1.23 bits per heavy atom. The first kappa shape index (κ1) is 10.1. The third-order valence-electron chi connectivity index (χ3n) is 1.30. The molecular weight excluding hydrogens is 196 g/mol. The Kier molecular flexibility index (Phi) is 2.99. The van der Waals surface area contributed by atoms with E-state index in [0.717, 1.165) is 0 Å². The van der Waals surface area contributed by atoms with Crippen molar-refractivity contribution in [3.05, 3.63) is 35.9 Å². The van der Waals surface area contributed by atoms with Crippen LogP contribution in [0.1, 0.15) is 11.9 Å². The van der Waals surface area contributed by atoms with E-state index >= 15 is 0 Å². The molecule has 0 aliphatic rings. The van der Waals surface area contributed by atoms with Crippen molar-refractivity contribution in [2.24, 2.45) is 0 Å². The highest BCUT2D eigenvalue weighted by Crippen LogP contribution is 2.14. The number of hydrogen-bond donors (Lipinski definition) is 2. The van der Waals surface area contributed by atoms with Crippen LogP contribution >= 0.6 is 0 Å². The molecule has 0 aliphatic heterocycles. The molecule has 0 saturated heterocycles. The molecule has 0 bridgehead atoms. The van der Waals surface area contributed by atoms with Crippen LogP contribution in [0.2, 0.25) is 0 Å². The van der Waals surface area contributed by atoms with Gasteiger partial charge in [-0.05, 0) is 0 Å². The van der Waals surface area contributed by atoms with E-state index in [0.29, 0.717) is 0 Å². The lowest BCUT2D eigenvalue weighted by Gasteiger charge is -2.07. The minimum atomic E-state index is -4.62. The SMILES string of the molecule is O=S(=O)(O)OC(O)c1ccccc1. The summed E-state index contributed by atoms with van der Waals surface area (Å²) in [5.41, 5.74) is 0.250. The zero-order chi connectivity index (χ0) is 9.90. The van der Waals surface area contributed by atoms with Gasteiger partial charge in [0.25, 0.3) is 0 Å². The molecule has 1 aromatic rings. The molecule has 6 heteroatoms. The molecule has 0 saturated carbocycles. The predicted molar refractivity (Wildman–Crippen MR) is 44.0 cm³/mol. The largest absolute Gasteiger partial charge is 0.400 e. The fourth-order valence-electron chi connectivity index (χ4n) is 0.788. The molecule has 1 rings (SSSR count). The minimum absolute atomic E-state index is 0.250. The molecule has 0 radical (unpaired) electrons. The molecule has 13 heavy (non-hydrogen) atoms. The number of benzene rings is 1. The molecule has 0 spiro atoms. The molecule has 72 valence electrons.